The zero-order valence-corrected chi connectivity index (χ0v) is 19.7. The van der Waals surface area contributed by atoms with E-state index in [4.69, 9.17) is 9.47 Å². The summed E-state index contributed by atoms with van der Waals surface area (Å²) in [6.45, 7) is 5.52. The van der Waals surface area contributed by atoms with E-state index in [1.165, 1.54) is 17.0 Å². The largest absolute Gasteiger partial charge is 0.573 e. The molecule has 0 radical (unpaired) electrons. The lowest BCUT2D eigenvalue weighted by molar-refractivity contribution is -0.275. The summed E-state index contributed by atoms with van der Waals surface area (Å²) in [6, 6.07) is 11.9. The molecule has 0 unspecified atom stereocenters. The third-order valence-corrected chi connectivity index (χ3v) is 5.39. The maximum Gasteiger partial charge on any atom is 0.573 e. The van der Waals surface area contributed by atoms with E-state index in [0.29, 0.717) is 23.6 Å². The number of aromatic nitrogens is 3. The smallest absolute Gasteiger partial charge is 0.453 e. The van der Waals surface area contributed by atoms with Gasteiger partial charge in [-0.2, -0.15) is 15.0 Å². The van der Waals surface area contributed by atoms with Gasteiger partial charge in [0.25, 0.3) is 0 Å². The average molecular weight is 503 g/mol. The maximum atomic E-state index is 13.1. The van der Waals surface area contributed by atoms with E-state index in [1.807, 2.05) is 6.92 Å². The number of carbonyl (C=O) groups is 1. The number of aryl methyl sites for hydroxylation is 1. The molecule has 1 fully saturated rings. The average Bonchev–Trinajstić information content (AvgIpc) is 3.20. The highest BCUT2D eigenvalue weighted by Gasteiger charge is 2.36. The number of rotatable bonds is 8. The number of cyclic esters (lactones) is 1. The molecule has 36 heavy (non-hydrogen) atoms. The minimum absolute atomic E-state index is 0.0917. The van der Waals surface area contributed by atoms with E-state index in [0.717, 1.165) is 0 Å². The Bertz CT molecular complexity index is 1230. The first kappa shape index (κ1) is 25.0. The molecule has 1 N–H and O–H groups in total. The number of anilines is 2. The molecule has 4 rings (SSSR count). The van der Waals surface area contributed by atoms with Crippen molar-refractivity contribution in [2.24, 2.45) is 0 Å². The molecule has 0 spiro atoms. The van der Waals surface area contributed by atoms with Gasteiger partial charge in [-0.15, -0.1) is 13.2 Å². The fourth-order valence-corrected chi connectivity index (χ4v) is 3.62. The molecule has 1 amide bonds. The van der Waals surface area contributed by atoms with E-state index in [1.54, 1.807) is 50.2 Å². The Morgan fingerprint density at radius 3 is 2.58 bits per heavy atom. The molecule has 1 saturated heterocycles. The normalized spacial score (nSPS) is 16.4. The number of halogens is 3. The molecule has 9 nitrogen and oxygen atoms in total. The highest BCUT2D eigenvalue weighted by molar-refractivity contribution is 5.88. The van der Waals surface area contributed by atoms with Crippen LogP contribution in [-0.4, -0.2) is 40.1 Å². The third-order valence-electron chi connectivity index (χ3n) is 5.39. The predicted molar refractivity (Wildman–Crippen MR) is 124 cm³/mol. The molecular weight excluding hydrogens is 479 g/mol. The highest BCUT2D eigenvalue weighted by Crippen LogP contribution is 2.37. The van der Waals surface area contributed by atoms with Crippen molar-refractivity contribution in [1.29, 1.82) is 0 Å². The quantitative estimate of drug-likeness (QED) is 0.413. The van der Waals surface area contributed by atoms with Gasteiger partial charge < -0.3 is 19.5 Å². The summed E-state index contributed by atoms with van der Waals surface area (Å²) in [6.07, 6.45) is -4.81. The summed E-state index contributed by atoms with van der Waals surface area (Å²) < 4.78 is 54.3. The van der Waals surface area contributed by atoms with Gasteiger partial charge in [-0.3, -0.25) is 0 Å². The van der Waals surface area contributed by atoms with Gasteiger partial charge in [0.15, 0.2) is 11.5 Å². The van der Waals surface area contributed by atoms with E-state index in [-0.39, 0.29) is 30.3 Å². The van der Waals surface area contributed by atoms with Crippen molar-refractivity contribution in [3.63, 3.8) is 0 Å². The minimum Gasteiger partial charge on any atom is -0.453 e. The molecule has 0 saturated carbocycles. The second kappa shape index (κ2) is 10.3. The van der Waals surface area contributed by atoms with Crippen LogP contribution in [0.3, 0.4) is 0 Å². The molecule has 2 atom stereocenters. The molecular formula is C24H24F3N5O4. The number of hydrogen-bond acceptors (Lipinski definition) is 8. The summed E-state index contributed by atoms with van der Waals surface area (Å²) in [5, 5.41) is 3.05. The first-order valence-electron chi connectivity index (χ1n) is 11.2. The van der Waals surface area contributed by atoms with Crippen molar-refractivity contribution in [3.05, 3.63) is 59.9 Å². The molecule has 1 aliphatic rings. The van der Waals surface area contributed by atoms with E-state index >= 15 is 0 Å². The van der Waals surface area contributed by atoms with Gasteiger partial charge in [0, 0.05) is 0 Å². The summed E-state index contributed by atoms with van der Waals surface area (Å²) >= 11 is 0. The highest BCUT2D eigenvalue weighted by atomic mass is 19.4. The lowest BCUT2D eigenvalue weighted by atomic mass is 10.1. The Hall–Kier alpha value is -4.09. The van der Waals surface area contributed by atoms with Crippen LogP contribution in [-0.2, 0) is 4.74 Å². The standard InChI is InChI=1S/C24H24F3N5O4/c1-4-17-13-34-23(33)32(17)22-30-15(3)29-21(31-22)28-14(2)16-10-11-19(20(12-16)36-24(25,26)27)35-18-8-6-5-7-9-18/h5-12,14,17H,4,13H2,1-3H3,(H,28,29,30,31)/t14-,17-/m0/s1. The van der Waals surface area contributed by atoms with E-state index in [2.05, 4.69) is 25.0 Å². The fourth-order valence-electron chi connectivity index (χ4n) is 3.62. The van der Waals surface area contributed by atoms with Gasteiger partial charge in [0.1, 0.15) is 18.2 Å². The molecule has 3 aromatic rings. The van der Waals surface area contributed by atoms with Crippen molar-refractivity contribution in [3.8, 4) is 17.2 Å². The SMILES string of the molecule is CC[C@H]1COC(=O)N1c1nc(C)nc(N[C@@H](C)c2ccc(Oc3ccccc3)c(OC(F)(F)F)c2)n1. The number of carbonyl (C=O) groups excluding carboxylic acids is 1. The van der Waals surface area contributed by atoms with E-state index < -0.39 is 24.2 Å². The monoisotopic (exact) mass is 503 g/mol. The molecule has 1 aliphatic heterocycles. The van der Waals surface area contributed by atoms with Crippen LogP contribution in [0.4, 0.5) is 29.9 Å². The second-order valence-electron chi connectivity index (χ2n) is 8.05. The van der Waals surface area contributed by atoms with Crippen LogP contribution < -0.4 is 19.7 Å². The van der Waals surface area contributed by atoms with Crippen molar-refractivity contribution in [1.82, 2.24) is 15.0 Å². The summed E-state index contributed by atoms with van der Waals surface area (Å²) in [5.41, 5.74) is 0.460. The number of nitrogens with zero attached hydrogens (tertiary/aromatic N) is 4. The van der Waals surface area contributed by atoms with E-state index in [9.17, 15) is 18.0 Å². The second-order valence-corrected chi connectivity index (χ2v) is 8.05. The lowest BCUT2D eigenvalue weighted by Gasteiger charge is -2.21. The molecule has 2 aromatic carbocycles. The van der Waals surface area contributed by atoms with Gasteiger partial charge >= 0.3 is 12.5 Å². The zero-order chi connectivity index (χ0) is 25.9. The van der Waals surface area contributed by atoms with Gasteiger partial charge in [-0.1, -0.05) is 31.2 Å². The summed E-state index contributed by atoms with van der Waals surface area (Å²) in [5.74, 6) is 0.433. The Kier molecular flexibility index (Phi) is 7.13. The first-order valence-corrected chi connectivity index (χ1v) is 11.2. The predicted octanol–water partition coefficient (Wildman–Crippen LogP) is 5.78. The topological polar surface area (TPSA) is 98.7 Å². The minimum atomic E-state index is -4.91. The Balaban J connectivity index is 1.59. The number of nitrogens with one attached hydrogen (secondary N) is 1. The van der Waals surface area contributed by atoms with Crippen LogP contribution in [0.15, 0.2) is 48.5 Å². The van der Waals surface area contributed by atoms with Crippen LogP contribution in [0.1, 0.15) is 37.7 Å². The van der Waals surface area contributed by atoms with Gasteiger partial charge in [0.2, 0.25) is 11.9 Å². The van der Waals surface area contributed by atoms with Crippen LogP contribution in [0, 0.1) is 6.92 Å². The number of hydrogen-bond donors (Lipinski definition) is 1. The van der Waals surface area contributed by atoms with Crippen molar-refractivity contribution in [2.75, 3.05) is 16.8 Å². The maximum absolute atomic E-state index is 13.1. The third kappa shape index (κ3) is 5.93. The lowest BCUT2D eigenvalue weighted by Crippen LogP contribution is -2.34. The fraction of sp³-hybridized carbons (Fsp3) is 0.333. The van der Waals surface area contributed by atoms with Gasteiger partial charge in [-0.25, -0.2) is 9.69 Å². The Labute approximate surface area is 205 Å². The number of para-hydroxylation sites is 1. The van der Waals surface area contributed by atoms with Crippen molar-refractivity contribution >= 4 is 18.0 Å². The summed E-state index contributed by atoms with van der Waals surface area (Å²) in [7, 11) is 0. The number of amides is 1. The number of benzene rings is 2. The molecule has 12 heteroatoms. The molecule has 1 aromatic heterocycles. The number of alkyl halides is 3. The van der Waals surface area contributed by atoms with Crippen LogP contribution in [0.25, 0.3) is 0 Å². The van der Waals surface area contributed by atoms with Crippen molar-refractivity contribution < 1.29 is 32.2 Å². The number of ether oxygens (including phenoxy) is 3. The van der Waals surface area contributed by atoms with Crippen LogP contribution in [0.5, 0.6) is 17.2 Å². The van der Waals surface area contributed by atoms with Crippen LogP contribution >= 0.6 is 0 Å². The molecule has 2 heterocycles. The summed E-state index contributed by atoms with van der Waals surface area (Å²) in [4.78, 5) is 26.4. The van der Waals surface area contributed by atoms with Gasteiger partial charge in [-0.05, 0) is 50.1 Å². The Morgan fingerprint density at radius 1 is 1.14 bits per heavy atom. The van der Waals surface area contributed by atoms with Crippen molar-refractivity contribution in [2.45, 2.75) is 45.6 Å². The first-order chi connectivity index (χ1) is 17.1. The Morgan fingerprint density at radius 2 is 1.89 bits per heavy atom. The molecule has 0 aliphatic carbocycles. The molecule has 190 valence electrons. The zero-order valence-electron chi connectivity index (χ0n) is 19.7. The molecule has 0 bridgehead atoms. The van der Waals surface area contributed by atoms with Gasteiger partial charge in [0.05, 0.1) is 12.1 Å². The van der Waals surface area contributed by atoms with Crippen LogP contribution in [0.2, 0.25) is 0 Å².